The molecule has 1 aliphatic carbocycles. The first-order valence-electron chi connectivity index (χ1n) is 5.95. The zero-order valence-electron chi connectivity index (χ0n) is 10.1. The molecule has 1 aliphatic rings. The van der Waals surface area contributed by atoms with Gasteiger partial charge in [-0.2, -0.15) is 18.4 Å². The van der Waals surface area contributed by atoms with Crippen LogP contribution >= 0.6 is 0 Å². The van der Waals surface area contributed by atoms with Crippen molar-refractivity contribution in [2.24, 2.45) is 0 Å². The zero-order chi connectivity index (χ0) is 13.9. The van der Waals surface area contributed by atoms with E-state index in [1.54, 1.807) is 0 Å². The molecular formula is C13H13F3N2O. The number of hydrogen-bond donors (Lipinski definition) is 1. The summed E-state index contributed by atoms with van der Waals surface area (Å²) >= 11 is 0. The summed E-state index contributed by atoms with van der Waals surface area (Å²) in [7, 11) is 0. The van der Waals surface area contributed by atoms with Crippen molar-refractivity contribution >= 4 is 0 Å². The SMILES string of the molecule is N#CC(COc1ccccc1C(F)(F)F)NC1CC1. The molecule has 1 unspecified atom stereocenters. The van der Waals surface area contributed by atoms with Gasteiger partial charge in [0.15, 0.2) is 0 Å². The van der Waals surface area contributed by atoms with Crippen LogP contribution in [0.4, 0.5) is 13.2 Å². The average molecular weight is 270 g/mol. The van der Waals surface area contributed by atoms with E-state index in [1.165, 1.54) is 18.2 Å². The van der Waals surface area contributed by atoms with Crippen LogP contribution in [0.1, 0.15) is 18.4 Å². The fourth-order valence-electron chi connectivity index (χ4n) is 1.66. The Morgan fingerprint density at radius 1 is 1.37 bits per heavy atom. The van der Waals surface area contributed by atoms with E-state index < -0.39 is 17.8 Å². The van der Waals surface area contributed by atoms with E-state index in [9.17, 15) is 13.2 Å². The van der Waals surface area contributed by atoms with E-state index in [1.807, 2.05) is 6.07 Å². The minimum Gasteiger partial charge on any atom is -0.490 e. The third-order valence-corrected chi connectivity index (χ3v) is 2.77. The van der Waals surface area contributed by atoms with Gasteiger partial charge in [-0.1, -0.05) is 12.1 Å². The molecule has 1 aromatic carbocycles. The zero-order valence-corrected chi connectivity index (χ0v) is 10.1. The maximum atomic E-state index is 12.7. The number of nitriles is 1. The second kappa shape index (κ2) is 5.49. The number of nitrogens with one attached hydrogen (secondary N) is 1. The molecule has 1 N–H and O–H groups in total. The van der Waals surface area contributed by atoms with Crippen LogP contribution < -0.4 is 10.1 Å². The lowest BCUT2D eigenvalue weighted by Gasteiger charge is -2.16. The van der Waals surface area contributed by atoms with E-state index in [0.29, 0.717) is 6.04 Å². The van der Waals surface area contributed by atoms with Crippen molar-refractivity contribution in [3.05, 3.63) is 29.8 Å². The fourth-order valence-corrected chi connectivity index (χ4v) is 1.66. The lowest BCUT2D eigenvalue weighted by atomic mass is 10.2. The van der Waals surface area contributed by atoms with Gasteiger partial charge in [-0.15, -0.1) is 0 Å². The van der Waals surface area contributed by atoms with E-state index in [0.717, 1.165) is 18.9 Å². The van der Waals surface area contributed by atoms with E-state index in [2.05, 4.69) is 5.32 Å². The van der Waals surface area contributed by atoms with Gasteiger partial charge in [0.25, 0.3) is 0 Å². The Labute approximate surface area is 109 Å². The minimum atomic E-state index is -4.46. The van der Waals surface area contributed by atoms with Crippen molar-refractivity contribution in [1.82, 2.24) is 5.32 Å². The predicted octanol–water partition coefficient (Wildman–Crippen LogP) is 2.73. The average Bonchev–Trinajstić information content (AvgIpc) is 3.17. The molecule has 0 radical (unpaired) electrons. The molecule has 0 aromatic heterocycles. The Morgan fingerprint density at radius 3 is 2.63 bits per heavy atom. The normalized spacial score (nSPS) is 16.7. The number of ether oxygens (including phenoxy) is 1. The molecular weight excluding hydrogens is 257 g/mol. The molecule has 19 heavy (non-hydrogen) atoms. The van der Waals surface area contributed by atoms with Gasteiger partial charge in [-0.3, -0.25) is 5.32 Å². The number of alkyl halides is 3. The van der Waals surface area contributed by atoms with E-state index in [-0.39, 0.29) is 12.4 Å². The van der Waals surface area contributed by atoms with Crippen LogP contribution in [0, 0.1) is 11.3 Å². The first kappa shape index (κ1) is 13.7. The smallest absolute Gasteiger partial charge is 0.419 e. The van der Waals surface area contributed by atoms with Crippen LogP contribution in [0.3, 0.4) is 0 Å². The van der Waals surface area contributed by atoms with Crippen LogP contribution in [0.15, 0.2) is 24.3 Å². The summed E-state index contributed by atoms with van der Waals surface area (Å²) in [5, 5.41) is 11.9. The van der Waals surface area contributed by atoms with Gasteiger partial charge in [-0.25, -0.2) is 0 Å². The van der Waals surface area contributed by atoms with Crippen molar-refractivity contribution in [2.75, 3.05) is 6.61 Å². The molecule has 6 heteroatoms. The van der Waals surface area contributed by atoms with Gasteiger partial charge in [-0.05, 0) is 25.0 Å². The summed E-state index contributed by atoms with van der Waals surface area (Å²) in [5.41, 5.74) is -0.821. The highest BCUT2D eigenvalue weighted by molar-refractivity contribution is 5.35. The largest absolute Gasteiger partial charge is 0.490 e. The lowest BCUT2D eigenvalue weighted by molar-refractivity contribution is -0.139. The molecule has 0 bridgehead atoms. The highest BCUT2D eigenvalue weighted by Gasteiger charge is 2.34. The molecule has 0 spiro atoms. The van der Waals surface area contributed by atoms with Gasteiger partial charge in [0, 0.05) is 6.04 Å². The molecule has 1 fully saturated rings. The molecule has 3 nitrogen and oxygen atoms in total. The lowest BCUT2D eigenvalue weighted by Crippen LogP contribution is -2.35. The topological polar surface area (TPSA) is 45.0 Å². The maximum Gasteiger partial charge on any atom is 0.419 e. The monoisotopic (exact) mass is 270 g/mol. The standard InChI is InChI=1S/C13H13F3N2O/c14-13(15,16)11-3-1-2-4-12(11)19-8-10(7-17)18-9-5-6-9/h1-4,9-10,18H,5-6,8H2. The molecule has 0 saturated heterocycles. The summed E-state index contributed by atoms with van der Waals surface area (Å²) in [4.78, 5) is 0. The third kappa shape index (κ3) is 3.86. The van der Waals surface area contributed by atoms with Crippen molar-refractivity contribution in [3.63, 3.8) is 0 Å². The second-order valence-electron chi connectivity index (χ2n) is 4.43. The van der Waals surface area contributed by atoms with Gasteiger partial charge in [0.05, 0.1) is 11.6 Å². The van der Waals surface area contributed by atoms with Crippen LogP contribution in [-0.4, -0.2) is 18.7 Å². The number of para-hydroxylation sites is 1. The highest BCUT2D eigenvalue weighted by atomic mass is 19.4. The number of hydrogen-bond acceptors (Lipinski definition) is 3. The second-order valence-corrected chi connectivity index (χ2v) is 4.43. The fraction of sp³-hybridized carbons (Fsp3) is 0.462. The Balaban J connectivity index is 2.00. The van der Waals surface area contributed by atoms with E-state index >= 15 is 0 Å². The predicted molar refractivity (Wildman–Crippen MR) is 62.5 cm³/mol. The van der Waals surface area contributed by atoms with Crippen LogP contribution in [-0.2, 0) is 6.18 Å². The molecule has 1 aromatic rings. The van der Waals surface area contributed by atoms with Gasteiger partial charge in [0.1, 0.15) is 18.4 Å². The number of benzene rings is 1. The summed E-state index contributed by atoms with van der Waals surface area (Å²) in [5.74, 6) is -0.243. The first-order valence-corrected chi connectivity index (χ1v) is 5.95. The van der Waals surface area contributed by atoms with Crippen molar-refractivity contribution < 1.29 is 17.9 Å². The van der Waals surface area contributed by atoms with Gasteiger partial charge < -0.3 is 4.74 Å². The van der Waals surface area contributed by atoms with Crippen LogP contribution in [0.2, 0.25) is 0 Å². The maximum absolute atomic E-state index is 12.7. The van der Waals surface area contributed by atoms with Crippen molar-refractivity contribution in [1.29, 1.82) is 5.26 Å². The molecule has 102 valence electrons. The molecule has 0 aliphatic heterocycles. The number of nitrogens with zero attached hydrogens (tertiary/aromatic N) is 1. The Kier molecular flexibility index (Phi) is 3.96. The first-order chi connectivity index (χ1) is 9.00. The summed E-state index contributed by atoms with van der Waals surface area (Å²) in [6, 6.07) is 6.69. The summed E-state index contributed by atoms with van der Waals surface area (Å²) in [6.45, 7) is -0.0971. The van der Waals surface area contributed by atoms with E-state index in [4.69, 9.17) is 10.00 Å². The summed E-state index contributed by atoms with van der Waals surface area (Å²) in [6.07, 6.45) is -2.46. The quantitative estimate of drug-likeness (QED) is 0.894. The van der Waals surface area contributed by atoms with Gasteiger partial charge in [0.2, 0.25) is 0 Å². The van der Waals surface area contributed by atoms with Crippen LogP contribution in [0.5, 0.6) is 5.75 Å². The van der Waals surface area contributed by atoms with Crippen LogP contribution in [0.25, 0.3) is 0 Å². The molecule has 0 amide bonds. The molecule has 0 heterocycles. The summed E-state index contributed by atoms with van der Waals surface area (Å²) < 4.78 is 43.3. The Morgan fingerprint density at radius 2 is 2.05 bits per heavy atom. The molecule has 2 rings (SSSR count). The number of halogens is 3. The number of rotatable bonds is 5. The Hall–Kier alpha value is -1.74. The third-order valence-electron chi connectivity index (χ3n) is 2.77. The minimum absolute atomic E-state index is 0.0971. The molecule has 1 saturated carbocycles. The van der Waals surface area contributed by atoms with Gasteiger partial charge >= 0.3 is 6.18 Å². The van der Waals surface area contributed by atoms with Crippen molar-refractivity contribution in [3.8, 4) is 11.8 Å². The molecule has 1 atom stereocenters. The Bertz CT molecular complexity index is 478. The highest BCUT2D eigenvalue weighted by Crippen LogP contribution is 2.35. The van der Waals surface area contributed by atoms with Crippen molar-refractivity contribution in [2.45, 2.75) is 31.1 Å².